The lowest BCUT2D eigenvalue weighted by Crippen LogP contribution is -1.98. The van der Waals surface area contributed by atoms with Gasteiger partial charge in [-0.05, 0) is 18.2 Å². The standard InChI is InChI=1S/C15H10F2N4S/c1-21-12-5-3-2-4-10(12)18-14(21)20-15-19-11-6-8(16)9(17)7-13(11)22-15/h2-7H,1H3,(H,18,19,20). The maximum absolute atomic E-state index is 13.3. The Morgan fingerprint density at radius 1 is 1.05 bits per heavy atom. The van der Waals surface area contributed by atoms with Crippen molar-refractivity contribution in [1.29, 1.82) is 0 Å². The van der Waals surface area contributed by atoms with Crippen LogP contribution in [0, 0.1) is 11.6 Å². The molecule has 0 aliphatic heterocycles. The fourth-order valence-corrected chi connectivity index (χ4v) is 3.20. The van der Waals surface area contributed by atoms with Gasteiger partial charge in [0.05, 0.1) is 21.3 Å². The van der Waals surface area contributed by atoms with Gasteiger partial charge in [-0.25, -0.2) is 18.7 Å². The predicted molar refractivity (Wildman–Crippen MR) is 83.5 cm³/mol. The van der Waals surface area contributed by atoms with E-state index in [9.17, 15) is 8.78 Å². The third-order valence-electron chi connectivity index (χ3n) is 3.44. The third-order valence-corrected chi connectivity index (χ3v) is 4.37. The second-order valence-electron chi connectivity index (χ2n) is 4.86. The van der Waals surface area contributed by atoms with Crippen LogP contribution < -0.4 is 5.32 Å². The fraction of sp³-hybridized carbons (Fsp3) is 0.0667. The van der Waals surface area contributed by atoms with E-state index in [1.165, 1.54) is 11.3 Å². The van der Waals surface area contributed by atoms with E-state index < -0.39 is 11.6 Å². The molecular formula is C15H10F2N4S. The molecular weight excluding hydrogens is 306 g/mol. The van der Waals surface area contributed by atoms with Crippen LogP contribution in [-0.4, -0.2) is 14.5 Å². The molecule has 22 heavy (non-hydrogen) atoms. The minimum Gasteiger partial charge on any atom is -0.313 e. The lowest BCUT2D eigenvalue weighted by Gasteiger charge is -2.01. The van der Waals surface area contributed by atoms with Crippen molar-refractivity contribution in [2.24, 2.45) is 7.05 Å². The number of imidazole rings is 1. The molecule has 2 aromatic carbocycles. The zero-order valence-electron chi connectivity index (χ0n) is 11.5. The Kier molecular flexibility index (Phi) is 2.83. The van der Waals surface area contributed by atoms with Crippen molar-refractivity contribution in [2.75, 3.05) is 5.32 Å². The molecule has 7 heteroatoms. The van der Waals surface area contributed by atoms with Gasteiger partial charge >= 0.3 is 0 Å². The van der Waals surface area contributed by atoms with Crippen LogP contribution in [0.3, 0.4) is 0 Å². The molecule has 2 aromatic heterocycles. The summed E-state index contributed by atoms with van der Waals surface area (Å²) in [5.74, 6) is -1.14. The molecule has 4 aromatic rings. The van der Waals surface area contributed by atoms with Gasteiger partial charge in [0.25, 0.3) is 0 Å². The number of benzene rings is 2. The lowest BCUT2D eigenvalue weighted by molar-refractivity contribution is 0.511. The number of halogens is 2. The first-order chi connectivity index (χ1) is 10.6. The van der Waals surface area contributed by atoms with Crippen molar-refractivity contribution in [2.45, 2.75) is 0 Å². The lowest BCUT2D eigenvalue weighted by atomic mass is 10.3. The Labute approximate surface area is 128 Å². The highest BCUT2D eigenvalue weighted by atomic mass is 32.1. The minimum absolute atomic E-state index is 0.421. The van der Waals surface area contributed by atoms with Gasteiger partial charge in [-0.1, -0.05) is 23.5 Å². The monoisotopic (exact) mass is 316 g/mol. The average Bonchev–Trinajstić information content (AvgIpc) is 3.02. The van der Waals surface area contributed by atoms with Gasteiger partial charge in [-0.2, -0.15) is 0 Å². The first kappa shape index (κ1) is 13.1. The van der Waals surface area contributed by atoms with E-state index >= 15 is 0 Å². The molecule has 0 radical (unpaired) electrons. The second kappa shape index (κ2) is 4.74. The van der Waals surface area contributed by atoms with Crippen molar-refractivity contribution < 1.29 is 8.78 Å². The maximum atomic E-state index is 13.3. The Morgan fingerprint density at radius 2 is 1.82 bits per heavy atom. The summed E-state index contributed by atoms with van der Waals surface area (Å²) < 4.78 is 29.0. The van der Waals surface area contributed by atoms with Crippen molar-refractivity contribution in [3.05, 3.63) is 48.0 Å². The van der Waals surface area contributed by atoms with Crippen molar-refractivity contribution >= 4 is 43.7 Å². The van der Waals surface area contributed by atoms with Crippen LogP contribution in [0.5, 0.6) is 0 Å². The predicted octanol–water partition coefficient (Wildman–Crippen LogP) is 4.20. The van der Waals surface area contributed by atoms with Crippen molar-refractivity contribution in [3.8, 4) is 0 Å². The van der Waals surface area contributed by atoms with Crippen LogP contribution in [0.2, 0.25) is 0 Å². The first-order valence-electron chi connectivity index (χ1n) is 6.56. The summed E-state index contributed by atoms with van der Waals surface area (Å²) in [7, 11) is 1.89. The first-order valence-corrected chi connectivity index (χ1v) is 7.37. The van der Waals surface area contributed by atoms with Crippen molar-refractivity contribution in [1.82, 2.24) is 14.5 Å². The Balaban J connectivity index is 1.77. The zero-order valence-corrected chi connectivity index (χ0v) is 12.3. The molecule has 2 heterocycles. The zero-order chi connectivity index (χ0) is 15.3. The highest BCUT2D eigenvalue weighted by molar-refractivity contribution is 7.22. The van der Waals surface area contributed by atoms with Crippen LogP contribution in [-0.2, 0) is 7.05 Å². The Bertz CT molecular complexity index is 967. The van der Waals surface area contributed by atoms with Crippen LogP contribution in [0.25, 0.3) is 21.3 Å². The quantitative estimate of drug-likeness (QED) is 0.602. The maximum Gasteiger partial charge on any atom is 0.209 e. The number of nitrogens with one attached hydrogen (secondary N) is 1. The molecule has 0 bridgehead atoms. The summed E-state index contributed by atoms with van der Waals surface area (Å²) in [6.45, 7) is 0. The van der Waals surface area contributed by atoms with E-state index in [0.717, 1.165) is 23.2 Å². The van der Waals surface area contributed by atoms with Gasteiger partial charge in [0.1, 0.15) is 0 Å². The number of rotatable bonds is 2. The fourth-order valence-electron chi connectivity index (χ4n) is 2.33. The van der Waals surface area contributed by atoms with Crippen LogP contribution in [0.1, 0.15) is 0 Å². The number of para-hydroxylation sites is 2. The molecule has 110 valence electrons. The van der Waals surface area contributed by atoms with Gasteiger partial charge in [0, 0.05) is 13.1 Å². The molecule has 0 atom stereocenters. The number of nitrogens with zero attached hydrogens (tertiary/aromatic N) is 3. The van der Waals surface area contributed by atoms with E-state index in [-0.39, 0.29) is 0 Å². The molecule has 0 saturated heterocycles. The Hall–Kier alpha value is -2.54. The third kappa shape index (κ3) is 2.01. The number of aryl methyl sites for hydroxylation is 1. The highest BCUT2D eigenvalue weighted by Gasteiger charge is 2.12. The summed E-state index contributed by atoms with van der Waals surface area (Å²) >= 11 is 1.25. The number of hydrogen-bond donors (Lipinski definition) is 1. The van der Waals surface area contributed by atoms with Gasteiger partial charge in [-0.3, -0.25) is 0 Å². The van der Waals surface area contributed by atoms with Gasteiger partial charge in [0.2, 0.25) is 5.95 Å². The molecule has 0 fully saturated rings. The summed E-state index contributed by atoms with van der Waals surface area (Å²) in [6.07, 6.45) is 0. The number of anilines is 2. The summed E-state index contributed by atoms with van der Waals surface area (Å²) in [5, 5.41) is 3.64. The van der Waals surface area contributed by atoms with E-state index in [1.54, 1.807) is 0 Å². The van der Waals surface area contributed by atoms with Crippen LogP contribution in [0.15, 0.2) is 36.4 Å². The average molecular weight is 316 g/mol. The summed E-state index contributed by atoms with van der Waals surface area (Å²) in [5.41, 5.74) is 2.28. The minimum atomic E-state index is -0.896. The number of thiazole rings is 1. The van der Waals surface area contributed by atoms with E-state index in [0.29, 0.717) is 21.3 Å². The Morgan fingerprint density at radius 3 is 2.64 bits per heavy atom. The van der Waals surface area contributed by atoms with Gasteiger partial charge < -0.3 is 9.88 Å². The molecule has 0 saturated carbocycles. The number of fused-ring (bicyclic) bond motifs is 2. The van der Waals surface area contributed by atoms with Gasteiger partial charge in [0.15, 0.2) is 16.8 Å². The van der Waals surface area contributed by atoms with E-state index in [4.69, 9.17) is 0 Å². The molecule has 4 rings (SSSR count). The molecule has 4 nitrogen and oxygen atoms in total. The molecule has 0 spiro atoms. The highest BCUT2D eigenvalue weighted by Crippen LogP contribution is 2.30. The molecule has 1 N–H and O–H groups in total. The number of aromatic nitrogens is 3. The molecule has 0 aliphatic rings. The SMILES string of the molecule is Cn1c(Nc2nc3cc(F)c(F)cc3s2)nc2ccccc21. The molecule has 0 amide bonds. The van der Waals surface area contributed by atoms with E-state index in [1.807, 2.05) is 35.9 Å². The van der Waals surface area contributed by atoms with Crippen LogP contribution >= 0.6 is 11.3 Å². The largest absolute Gasteiger partial charge is 0.313 e. The number of hydrogen-bond acceptors (Lipinski definition) is 4. The second-order valence-corrected chi connectivity index (χ2v) is 5.89. The molecule has 0 unspecified atom stereocenters. The topological polar surface area (TPSA) is 42.7 Å². The smallest absolute Gasteiger partial charge is 0.209 e. The summed E-state index contributed by atoms with van der Waals surface area (Å²) in [6, 6.07) is 10.0. The van der Waals surface area contributed by atoms with Crippen LogP contribution in [0.4, 0.5) is 19.9 Å². The summed E-state index contributed by atoms with van der Waals surface area (Å²) in [4.78, 5) is 8.75. The van der Waals surface area contributed by atoms with Gasteiger partial charge in [-0.15, -0.1) is 0 Å². The molecule has 0 aliphatic carbocycles. The van der Waals surface area contributed by atoms with Crippen molar-refractivity contribution in [3.63, 3.8) is 0 Å². The normalized spacial score (nSPS) is 11.4. The van der Waals surface area contributed by atoms with E-state index in [2.05, 4.69) is 15.3 Å².